The summed E-state index contributed by atoms with van der Waals surface area (Å²) in [5, 5.41) is 4.07. The molecular weight excluding hydrogens is 346 g/mol. The Bertz CT molecular complexity index is 1040. The van der Waals surface area contributed by atoms with Crippen LogP contribution in [0, 0.1) is 0 Å². The smallest absolute Gasteiger partial charge is 0.264 e. The molecule has 1 N–H and O–H groups in total. The monoisotopic (exact) mass is 367 g/mol. The van der Waals surface area contributed by atoms with Crippen LogP contribution in [-0.4, -0.2) is 16.7 Å². The van der Waals surface area contributed by atoms with E-state index in [1.165, 1.54) is 16.9 Å². The fourth-order valence-electron chi connectivity index (χ4n) is 3.46. The highest BCUT2D eigenvalue weighted by molar-refractivity contribution is 7.18. The summed E-state index contributed by atoms with van der Waals surface area (Å²) in [6, 6.07) is 7.59. The molecule has 4 rings (SSSR count). The summed E-state index contributed by atoms with van der Waals surface area (Å²) in [6.07, 6.45) is 6.09. The first-order valence-electron chi connectivity index (χ1n) is 8.78. The van der Waals surface area contributed by atoms with E-state index in [0.29, 0.717) is 12.5 Å². The predicted molar refractivity (Wildman–Crippen MR) is 107 cm³/mol. The first-order valence-corrected chi connectivity index (χ1v) is 9.60. The number of allylic oxidation sites excluding steroid dienone is 1. The van der Waals surface area contributed by atoms with Gasteiger partial charge in [0, 0.05) is 23.2 Å². The second kappa shape index (κ2) is 6.96. The van der Waals surface area contributed by atoms with Gasteiger partial charge in [0.05, 0.1) is 12.5 Å². The zero-order valence-corrected chi connectivity index (χ0v) is 15.6. The van der Waals surface area contributed by atoms with Crippen LogP contribution in [0.15, 0.2) is 41.7 Å². The number of aromatic nitrogens is 2. The first kappa shape index (κ1) is 16.8. The van der Waals surface area contributed by atoms with E-state index in [0.717, 1.165) is 40.9 Å². The number of benzene rings is 1. The van der Waals surface area contributed by atoms with Gasteiger partial charge in [-0.3, -0.25) is 9.36 Å². The third kappa shape index (κ3) is 2.90. The molecule has 0 saturated heterocycles. The van der Waals surface area contributed by atoms with Crippen LogP contribution in [-0.2, 0) is 19.4 Å². The number of aryl methyl sites for hydroxylation is 2. The van der Waals surface area contributed by atoms with Gasteiger partial charge >= 0.3 is 0 Å². The average molecular weight is 367 g/mol. The lowest BCUT2D eigenvalue weighted by atomic mass is 9.97. The number of nitrogens with zero attached hydrogens (tertiary/aromatic N) is 2. The van der Waals surface area contributed by atoms with Gasteiger partial charge < -0.3 is 10.1 Å². The summed E-state index contributed by atoms with van der Waals surface area (Å²) < 4.78 is 6.94. The molecule has 0 saturated carbocycles. The van der Waals surface area contributed by atoms with Crippen molar-refractivity contribution in [3.05, 3.63) is 57.7 Å². The van der Waals surface area contributed by atoms with E-state index >= 15 is 0 Å². The van der Waals surface area contributed by atoms with Crippen molar-refractivity contribution in [3.8, 4) is 5.75 Å². The topological polar surface area (TPSA) is 56.1 Å². The van der Waals surface area contributed by atoms with E-state index in [2.05, 4.69) is 11.9 Å². The lowest BCUT2D eigenvalue weighted by molar-refractivity contribution is 0.415. The van der Waals surface area contributed by atoms with Crippen molar-refractivity contribution in [2.24, 2.45) is 0 Å². The third-order valence-corrected chi connectivity index (χ3v) is 5.90. The highest BCUT2D eigenvalue weighted by atomic mass is 32.1. The molecule has 0 spiro atoms. The molecule has 1 aliphatic rings. The summed E-state index contributed by atoms with van der Waals surface area (Å²) in [5.41, 5.74) is 2.05. The van der Waals surface area contributed by atoms with E-state index in [1.54, 1.807) is 29.1 Å². The number of thiophene rings is 1. The van der Waals surface area contributed by atoms with Crippen molar-refractivity contribution in [1.82, 2.24) is 9.55 Å². The van der Waals surface area contributed by atoms with Crippen molar-refractivity contribution in [1.29, 1.82) is 0 Å². The molecule has 0 unspecified atom stereocenters. The second-order valence-electron chi connectivity index (χ2n) is 6.39. The lowest BCUT2D eigenvalue weighted by Crippen LogP contribution is -2.24. The van der Waals surface area contributed by atoms with Crippen LogP contribution in [0.2, 0.25) is 0 Å². The van der Waals surface area contributed by atoms with Gasteiger partial charge in [0.15, 0.2) is 0 Å². The fraction of sp³-hybridized carbons (Fsp3) is 0.300. The number of ether oxygens (including phenoxy) is 1. The molecule has 3 aromatic rings. The number of methoxy groups -OCH3 is 1. The molecule has 0 bridgehead atoms. The molecule has 0 amide bonds. The number of nitrogens with one attached hydrogen (secondary N) is 1. The first-order chi connectivity index (χ1) is 12.7. The van der Waals surface area contributed by atoms with Crippen LogP contribution < -0.4 is 15.6 Å². The Hall–Kier alpha value is -2.60. The van der Waals surface area contributed by atoms with Gasteiger partial charge in [-0.2, -0.15) is 0 Å². The molecule has 134 valence electrons. The molecule has 2 heterocycles. The molecule has 0 aliphatic heterocycles. The van der Waals surface area contributed by atoms with E-state index in [1.807, 2.05) is 24.3 Å². The van der Waals surface area contributed by atoms with Gasteiger partial charge in [0.1, 0.15) is 10.6 Å². The molecule has 0 atom stereocenters. The Labute approximate surface area is 156 Å². The summed E-state index contributed by atoms with van der Waals surface area (Å²) in [5.74, 6) is 1.29. The van der Waals surface area contributed by atoms with E-state index in [4.69, 9.17) is 9.72 Å². The number of fused-ring (bicyclic) bond motifs is 3. The molecule has 2 aromatic heterocycles. The van der Waals surface area contributed by atoms with E-state index in [-0.39, 0.29) is 5.56 Å². The molecule has 0 fully saturated rings. The van der Waals surface area contributed by atoms with Crippen LogP contribution in [0.4, 0.5) is 11.6 Å². The van der Waals surface area contributed by atoms with Crippen molar-refractivity contribution < 1.29 is 4.74 Å². The maximum Gasteiger partial charge on any atom is 0.264 e. The molecule has 6 heteroatoms. The SMILES string of the molecule is C=CCn1c(Nc2cccc(OC)c2)nc2sc3c(c2c1=O)CCCC3. The second-order valence-corrected chi connectivity index (χ2v) is 7.47. The highest BCUT2D eigenvalue weighted by Crippen LogP contribution is 2.34. The van der Waals surface area contributed by atoms with E-state index in [9.17, 15) is 4.79 Å². The van der Waals surface area contributed by atoms with Gasteiger partial charge in [0.2, 0.25) is 5.95 Å². The molecule has 26 heavy (non-hydrogen) atoms. The molecule has 0 radical (unpaired) electrons. The maximum atomic E-state index is 13.2. The predicted octanol–water partition coefficient (Wildman–Crippen LogP) is 4.28. The number of hydrogen-bond acceptors (Lipinski definition) is 5. The molecule has 1 aliphatic carbocycles. The molecule has 5 nitrogen and oxygen atoms in total. The Morgan fingerprint density at radius 3 is 3.04 bits per heavy atom. The lowest BCUT2D eigenvalue weighted by Gasteiger charge is -2.14. The van der Waals surface area contributed by atoms with Crippen LogP contribution in [0.3, 0.4) is 0 Å². The third-order valence-electron chi connectivity index (χ3n) is 4.71. The minimum atomic E-state index is 0.0136. The van der Waals surface area contributed by atoms with Crippen molar-refractivity contribution in [3.63, 3.8) is 0 Å². The van der Waals surface area contributed by atoms with Crippen molar-refractivity contribution in [2.75, 3.05) is 12.4 Å². The van der Waals surface area contributed by atoms with E-state index < -0.39 is 0 Å². The van der Waals surface area contributed by atoms with Crippen molar-refractivity contribution >= 4 is 33.2 Å². The van der Waals surface area contributed by atoms with Crippen molar-refractivity contribution in [2.45, 2.75) is 32.2 Å². The normalized spacial score (nSPS) is 13.4. The Morgan fingerprint density at radius 2 is 2.23 bits per heavy atom. The zero-order chi connectivity index (χ0) is 18.1. The summed E-state index contributed by atoms with van der Waals surface area (Å²) in [4.78, 5) is 20.1. The Balaban J connectivity index is 1.86. The maximum absolute atomic E-state index is 13.2. The van der Waals surface area contributed by atoms with Gasteiger partial charge in [-0.1, -0.05) is 12.1 Å². The zero-order valence-electron chi connectivity index (χ0n) is 14.7. The van der Waals surface area contributed by atoms with Gasteiger partial charge in [-0.25, -0.2) is 4.98 Å². The number of rotatable bonds is 5. The summed E-state index contributed by atoms with van der Waals surface area (Å²) >= 11 is 1.66. The van der Waals surface area contributed by atoms with Gasteiger partial charge in [-0.15, -0.1) is 17.9 Å². The summed E-state index contributed by atoms with van der Waals surface area (Å²) in [6.45, 7) is 4.21. The standard InChI is InChI=1S/C20H21N3O2S/c1-3-11-23-19(24)17-15-9-4-5-10-16(15)26-18(17)22-20(23)21-13-7-6-8-14(12-13)25-2/h3,6-8,12H,1,4-5,9-11H2,2H3,(H,21,22). The Morgan fingerprint density at radius 1 is 1.38 bits per heavy atom. The largest absolute Gasteiger partial charge is 0.497 e. The molecular formula is C20H21N3O2S. The van der Waals surface area contributed by atoms with Crippen LogP contribution in [0.25, 0.3) is 10.2 Å². The Kier molecular flexibility index (Phi) is 4.51. The average Bonchev–Trinajstić information content (AvgIpc) is 3.03. The molecule has 1 aromatic carbocycles. The minimum absolute atomic E-state index is 0.0136. The van der Waals surface area contributed by atoms with Crippen LogP contribution in [0.1, 0.15) is 23.3 Å². The van der Waals surface area contributed by atoms with Crippen LogP contribution >= 0.6 is 11.3 Å². The van der Waals surface area contributed by atoms with Crippen LogP contribution in [0.5, 0.6) is 5.75 Å². The fourth-order valence-corrected chi connectivity index (χ4v) is 4.71. The number of hydrogen-bond donors (Lipinski definition) is 1. The number of anilines is 2. The van der Waals surface area contributed by atoms with Gasteiger partial charge in [-0.05, 0) is 43.4 Å². The van der Waals surface area contributed by atoms with Gasteiger partial charge in [0.25, 0.3) is 5.56 Å². The minimum Gasteiger partial charge on any atom is -0.497 e. The summed E-state index contributed by atoms with van der Waals surface area (Å²) in [7, 11) is 1.63. The quantitative estimate of drug-likeness (QED) is 0.684. The highest BCUT2D eigenvalue weighted by Gasteiger charge is 2.21.